The number of rotatable bonds is 0. The molecule has 25 heavy (non-hydrogen) atoms. The number of benzene rings is 4. The maximum absolute atomic E-state index is 2.40. The maximum Gasteiger partial charge on any atom is 0.0362 e. The summed E-state index contributed by atoms with van der Waals surface area (Å²) in [4.78, 5) is 0. The lowest BCUT2D eigenvalue weighted by Crippen LogP contribution is -1.75. The molecule has 0 atom stereocenters. The molecule has 2 heterocycles. The maximum atomic E-state index is 2.40. The fourth-order valence-corrected chi connectivity index (χ4v) is 6.14. The Hall–Kier alpha value is -2.42. The van der Waals surface area contributed by atoms with E-state index >= 15 is 0 Å². The molecule has 2 aromatic heterocycles. The van der Waals surface area contributed by atoms with Crippen LogP contribution in [0.3, 0.4) is 0 Å². The third-order valence-corrected chi connectivity index (χ3v) is 7.33. The Labute approximate surface area is 152 Å². The predicted molar refractivity (Wildman–Crippen MR) is 114 cm³/mol. The highest BCUT2D eigenvalue weighted by atomic mass is 32.1. The first-order valence-electron chi connectivity index (χ1n) is 8.44. The number of fused-ring (bicyclic) bond motifs is 7. The monoisotopic (exact) mass is 354 g/mol. The third kappa shape index (κ3) is 1.92. The molecule has 0 aliphatic rings. The Balaban J connectivity index is 1.78. The summed E-state index contributed by atoms with van der Waals surface area (Å²) in [6, 6.07) is 25.0. The number of thiophene rings is 2. The van der Waals surface area contributed by atoms with E-state index in [1.165, 1.54) is 56.7 Å². The molecule has 0 fully saturated rings. The average molecular weight is 354 g/mol. The van der Waals surface area contributed by atoms with E-state index in [-0.39, 0.29) is 0 Å². The van der Waals surface area contributed by atoms with Crippen molar-refractivity contribution in [2.45, 2.75) is 6.92 Å². The molecule has 0 amide bonds. The van der Waals surface area contributed by atoms with Gasteiger partial charge in [0.2, 0.25) is 0 Å². The van der Waals surface area contributed by atoms with Gasteiger partial charge in [-0.2, -0.15) is 0 Å². The minimum Gasteiger partial charge on any atom is -0.135 e. The SMILES string of the molecule is Cc1ccc2cc3c(cc2c1)sc1cc2c(cc13)sc1ccccc12. The van der Waals surface area contributed by atoms with Crippen molar-refractivity contribution >= 4 is 73.8 Å². The van der Waals surface area contributed by atoms with Gasteiger partial charge >= 0.3 is 0 Å². The standard InChI is InChI=1S/C23H14S2/c1-13-6-7-14-9-17-19-12-22-18(16-4-2-3-5-20(16)24-22)11-23(19)25-21(17)10-15(14)8-13/h2-12H,1H3. The molecule has 4 aromatic carbocycles. The lowest BCUT2D eigenvalue weighted by Gasteiger charge is -2.00. The first kappa shape index (κ1) is 13.8. The van der Waals surface area contributed by atoms with Crippen LogP contribution in [-0.4, -0.2) is 0 Å². The highest BCUT2D eigenvalue weighted by Gasteiger charge is 2.11. The largest absolute Gasteiger partial charge is 0.135 e. The highest BCUT2D eigenvalue weighted by molar-refractivity contribution is 7.27. The molecular weight excluding hydrogens is 340 g/mol. The summed E-state index contributed by atoms with van der Waals surface area (Å²) in [7, 11) is 0. The summed E-state index contributed by atoms with van der Waals surface area (Å²) >= 11 is 3.81. The minimum atomic E-state index is 1.32. The molecule has 0 N–H and O–H groups in total. The summed E-state index contributed by atoms with van der Waals surface area (Å²) in [5, 5.41) is 8.21. The Morgan fingerprint density at radius 3 is 2.08 bits per heavy atom. The molecule has 0 spiro atoms. The first-order valence-corrected chi connectivity index (χ1v) is 10.1. The Bertz CT molecular complexity index is 1450. The van der Waals surface area contributed by atoms with Crippen LogP contribution in [0.1, 0.15) is 5.56 Å². The molecule has 0 saturated heterocycles. The van der Waals surface area contributed by atoms with Gasteiger partial charge in [-0.3, -0.25) is 0 Å². The van der Waals surface area contributed by atoms with Gasteiger partial charge in [0.25, 0.3) is 0 Å². The van der Waals surface area contributed by atoms with Gasteiger partial charge in [0.05, 0.1) is 0 Å². The van der Waals surface area contributed by atoms with Crippen molar-refractivity contribution in [3.8, 4) is 0 Å². The molecule has 0 radical (unpaired) electrons. The van der Waals surface area contributed by atoms with E-state index in [2.05, 4.69) is 73.7 Å². The van der Waals surface area contributed by atoms with Crippen LogP contribution in [0, 0.1) is 6.92 Å². The minimum absolute atomic E-state index is 1.32. The van der Waals surface area contributed by atoms with Gasteiger partial charge < -0.3 is 0 Å². The van der Waals surface area contributed by atoms with Gasteiger partial charge in [-0.05, 0) is 48.0 Å². The van der Waals surface area contributed by atoms with E-state index in [4.69, 9.17) is 0 Å². The van der Waals surface area contributed by atoms with Gasteiger partial charge in [-0.1, -0.05) is 42.0 Å². The van der Waals surface area contributed by atoms with Crippen LogP contribution in [0.25, 0.3) is 51.1 Å². The quantitative estimate of drug-likeness (QED) is 0.260. The van der Waals surface area contributed by atoms with Gasteiger partial charge in [-0.25, -0.2) is 0 Å². The molecule has 118 valence electrons. The molecule has 6 aromatic rings. The molecule has 0 aliphatic heterocycles. The summed E-state index contributed by atoms with van der Waals surface area (Å²) < 4.78 is 5.53. The lowest BCUT2D eigenvalue weighted by atomic mass is 10.0. The predicted octanol–water partition coefficient (Wildman–Crippen LogP) is 7.88. The van der Waals surface area contributed by atoms with Crippen LogP contribution in [0.2, 0.25) is 0 Å². The summed E-state index contributed by atoms with van der Waals surface area (Å²) in [6.07, 6.45) is 0. The van der Waals surface area contributed by atoms with Gasteiger partial charge in [0.15, 0.2) is 0 Å². The molecule has 0 bridgehead atoms. The highest BCUT2D eigenvalue weighted by Crippen LogP contribution is 2.42. The number of hydrogen-bond acceptors (Lipinski definition) is 2. The zero-order valence-electron chi connectivity index (χ0n) is 13.7. The second kappa shape index (κ2) is 4.81. The Kier molecular flexibility index (Phi) is 2.66. The van der Waals surface area contributed by atoms with Crippen molar-refractivity contribution in [3.05, 3.63) is 72.3 Å². The summed E-state index contributed by atoms with van der Waals surface area (Å²) in [6.45, 7) is 2.16. The topological polar surface area (TPSA) is 0 Å². The Morgan fingerprint density at radius 1 is 0.520 bits per heavy atom. The normalized spacial score (nSPS) is 12.2. The van der Waals surface area contributed by atoms with Crippen molar-refractivity contribution < 1.29 is 0 Å². The van der Waals surface area contributed by atoms with Crippen LogP contribution in [-0.2, 0) is 0 Å². The van der Waals surface area contributed by atoms with Crippen molar-refractivity contribution in [1.29, 1.82) is 0 Å². The molecule has 0 unspecified atom stereocenters. The third-order valence-electron chi connectivity index (χ3n) is 5.08. The zero-order valence-corrected chi connectivity index (χ0v) is 15.3. The summed E-state index contributed by atoms with van der Waals surface area (Å²) in [5.74, 6) is 0. The summed E-state index contributed by atoms with van der Waals surface area (Å²) in [5.41, 5.74) is 1.32. The van der Waals surface area contributed by atoms with Crippen molar-refractivity contribution in [3.63, 3.8) is 0 Å². The average Bonchev–Trinajstić information content (AvgIpc) is 3.15. The van der Waals surface area contributed by atoms with Crippen molar-refractivity contribution in [1.82, 2.24) is 0 Å². The molecule has 6 rings (SSSR count). The second-order valence-corrected chi connectivity index (χ2v) is 8.91. The molecule has 0 aliphatic carbocycles. The van der Waals surface area contributed by atoms with Gasteiger partial charge in [0.1, 0.15) is 0 Å². The van der Waals surface area contributed by atoms with Crippen molar-refractivity contribution in [2.24, 2.45) is 0 Å². The fraction of sp³-hybridized carbons (Fsp3) is 0.0435. The van der Waals surface area contributed by atoms with Crippen LogP contribution in [0.5, 0.6) is 0 Å². The van der Waals surface area contributed by atoms with E-state index in [0.717, 1.165) is 0 Å². The molecular formula is C23H14S2. The number of aryl methyl sites for hydroxylation is 1. The van der Waals surface area contributed by atoms with Crippen LogP contribution >= 0.6 is 22.7 Å². The number of hydrogen-bond donors (Lipinski definition) is 0. The van der Waals surface area contributed by atoms with E-state index in [9.17, 15) is 0 Å². The second-order valence-electron chi connectivity index (χ2n) is 6.74. The van der Waals surface area contributed by atoms with Crippen LogP contribution < -0.4 is 0 Å². The molecule has 0 saturated carbocycles. The van der Waals surface area contributed by atoms with E-state index < -0.39 is 0 Å². The lowest BCUT2D eigenvalue weighted by molar-refractivity contribution is 1.51. The fourth-order valence-electron chi connectivity index (χ4n) is 3.86. The van der Waals surface area contributed by atoms with Crippen LogP contribution in [0.15, 0.2) is 66.7 Å². The van der Waals surface area contributed by atoms with E-state index in [1.807, 2.05) is 22.7 Å². The van der Waals surface area contributed by atoms with Gasteiger partial charge in [-0.15, -0.1) is 22.7 Å². The van der Waals surface area contributed by atoms with Gasteiger partial charge in [0, 0.05) is 40.3 Å². The van der Waals surface area contributed by atoms with Crippen LogP contribution in [0.4, 0.5) is 0 Å². The Morgan fingerprint density at radius 2 is 1.20 bits per heavy atom. The first-order chi connectivity index (χ1) is 12.3. The van der Waals surface area contributed by atoms with Crippen molar-refractivity contribution in [2.75, 3.05) is 0 Å². The smallest absolute Gasteiger partial charge is 0.0362 e. The molecule has 2 heteroatoms. The molecule has 0 nitrogen and oxygen atoms in total. The van der Waals surface area contributed by atoms with E-state index in [1.54, 1.807) is 0 Å². The van der Waals surface area contributed by atoms with E-state index in [0.29, 0.717) is 0 Å². The zero-order chi connectivity index (χ0) is 16.5.